The number of ether oxygens (including phenoxy) is 1. The molecule has 4 heterocycles. The Bertz CT molecular complexity index is 1070. The Morgan fingerprint density at radius 3 is 3.00 bits per heavy atom. The molecule has 2 fully saturated rings. The molecule has 138 valence electrons. The van der Waals surface area contributed by atoms with E-state index in [0.29, 0.717) is 11.6 Å². The number of hydrogen-bond acceptors (Lipinski definition) is 5. The molecule has 2 aromatic heterocycles. The summed E-state index contributed by atoms with van der Waals surface area (Å²) in [7, 11) is 2.15. The predicted octanol–water partition coefficient (Wildman–Crippen LogP) is 2.58. The highest BCUT2D eigenvalue weighted by molar-refractivity contribution is 5.85. The van der Waals surface area contributed by atoms with Crippen molar-refractivity contribution in [1.29, 1.82) is 5.26 Å². The normalized spacial score (nSPS) is 24.9. The lowest BCUT2D eigenvalue weighted by Gasteiger charge is -2.46. The third-order valence-corrected chi connectivity index (χ3v) is 6.07. The van der Waals surface area contributed by atoms with Crippen LogP contribution in [0.25, 0.3) is 16.7 Å². The van der Waals surface area contributed by atoms with Gasteiger partial charge in [-0.2, -0.15) is 5.26 Å². The summed E-state index contributed by atoms with van der Waals surface area (Å²) < 4.78 is 8.23. The molecular formula is C21H23N5O. The first-order valence-corrected chi connectivity index (χ1v) is 9.55. The fraction of sp³-hybridized carbons (Fsp3) is 0.429. The molecule has 2 bridgehead atoms. The Hall–Kier alpha value is -2.62. The molecule has 0 radical (unpaired) electrons. The zero-order valence-corrected chi connectivity index (χ0v) is 15.7. The van der Waals surface area contributed by atoms with Crippen LogP contribution >= 0.6 is 0 Å². The van der Waals surface area contributed by atoms with E-state index < -0.39 is 0 Å². The number of likely N-dealkylation sites (N-methyl/N-ethyl adjacent to an activating group) is 1. The van der Waals surface area contributed by atoms with Gasteiger partial charge in [-0.25, -0.2) is 4.98 Å². The molecule has 0 aliphatic carbocycles. The third-order valence-electron chi connectivity index (χ3n) is 6.07. The maximum Gasteiger partial charge on any atom is 0.157 e. The van der Waals surface area contributed by atoms with Crippen LogP contribution in [0.3, 0.4) is 0 Å². The summed E-state index contributed by atoms with van der Waals surface area (Å²) in [5.41, 5.74) is 4.30. The number of nitrogens with zero attached hydrogens (tertiary/aromatic N) is 5. The van der Waals surface area contributed by atoms with E-state index in [4.69, 9.17) is 9.72 Å². The Labute approximate surface area is 158 Å². The second kappa shape index (κ2) is 6.22. The first-order chi connectivity index (χ1) is 13.2. The number of benzene rings is 1. The molecule has 0 spiro atoms. The number of rotatable bonds is 2. The summed E-state index contributed by atoms with van der Waals surface area (Å²) in [5.74, 6) is 1.07. The van der Waals surface area contributed by atoms with E-state index in [1.165, 1.54) is 0 Å². The first-order valence-electron chi connectivity index (χ1n) is 9.55. The number of nitriles is 1. The monoisotopic (exact) mass is 361 g/mol. The zero-order valence-electron chi connectivity index (χ0n) is 15.7. The van der Waals surface area contributed by atoms with Crippen molar-refractivity contribution in [2.75, 3.05) is 38.2 Å². The summed E-state index contributed by atoms with van der Waals surface area (Å²) in [5, 5.41) is 9.69. The maximum atomic E-state index is 9.69. The van der Waals surface area contributed by atoms with Gasteiger partial charge in [-0.3, -0.25) is 9.30 Å². The minimum atomic E-state index is 0.221. The molecule has 2 aliphatic heterocycles. The number of pyridine rings is 1. The van der Waals surface area contributed by atoms with Gasteiger partial charge in [0.2, 0.25) is 0 Å². The SMILES string of the molecule is Cc1cc(N(C)C2CCN3CCOC2C3)n2c(nc3ccccc32)c1C#N. The highest BCUT2D eigenvalue weighted by Crippen LogP contribution is 2.32. The highest BCUT2D eigenvalue weighted by Gasteiger charge is 2.36. The Morgan fingerprint density at radius 1 is 1.30 bits per heavy atom. The fourth-order valence-electron chi connectivity index (χ4n) is 4.61. The molecule has 6 nitrogen and oxygen atoms in total. The van der Waals surface area contributed by atoms with Gasteiger partial charge in [-0.05, 0) is 37.1 Å². The summed E-state index contributed by atoms with van der Waals surface area (Å²) in [6.45, 7) is 5.95. The minimum Gasteiger partial charge on any atom is -0.373 e. The van der Waals surface area contributed by atoms with Crippen LogP contribution in [0.5, 0.6) is 0 Å². The van der Waals surface area contributed by atoms with E-state index in [0.717, 1.165) is 60.7 Å². The average molecular weight is 361 g/mol. The molecule has 3 atom stereocenters. The fourth-order valence-corrected chi connectivity index (χ4v) is 4.61. The second-order valence-electron chi connectivity index (χ2n) is 7.61. The smallest absolute Gasteiger partial charge is 0.157 e. The Kier molecular flexibility index (Phi) is 3.81. The van der Waals surface area contributed by atoms with E-state index in [2.05, 4.69) is 39.5 Å². The second-order valence-corrected chi connectivity index (χ2v) is 7.61. The quantitative estimate of drug-likeness (QED) is 0.702. The lowest BCUT2D eigenvalue weighted by molar-refractivity contribution is -0.0654. The zero-order chi connectivity index (χ0) is 18.5. The molecule has 2 saturated heterocycles. The molecule has 27 heavy (non-hydrogen) atoms. The van der Waals surface area contributed by atoms with Gasteiger partial charge in [0.25, 0.3) is 0 Å². The Balaban J connectivity index is 1.69. The van der Waals surface area contributed by atoms with Gasteiger partial charge in [0.05, 0.1) is 35.3 Å². The molecule has 2 aliphatic rings. The number of para-hydroxylation sites is 2. The summed E-state index contributed by atoms with van der Waals surface area (Å²) >= 11 is 0. The third kappa shape index (κ3) is 2.50. The molecule has 3 unspecified atom stereocenters. The van der Waals surface area contributed by atoms with Gasteiger partial charge in [-0.15, -0.1) is 0 Å². The van der Waals surface area contributed by atoms with Crippen LogP contribution in [0.15, 0.2) is 30.3 Å². The molecule has 0 amide bonds. The first kappa shape index (κ1) is 16.5. The lowest BCUT2D eigenvalue weighted by Crippen LogP contribution is -2.58. The van der Waals surface area contributed by atoms with E-state index >= 15 is 0 Å². The predicted molar refractivity (Wildman–Crippen MR) is 105 cm³/mol. The van der Waals surface area contributed by atoms with E-state index in [9.17, 15) is 5.26 Å². The largest absolute Gasteiger partial charge is 0.373 e. The van der Waals surface area contributed by atoms with Gasteiger partial charge in [0, 0.05) is 26.7 Å². The molecule has 5 rings (SSSR count). The molecule has 3 aromatic rings. The number of hydrogen-bond donors (Lipinski definition) is 0. The number of fused-ring (bicyclic) bond motifs is 5. The summed E-state index contributed by atoms with van der Waals surface area (Å²) in [6.07, 6.45) is 1.30. The standard InChI is InChI=1S/C21H23N5O/c1-14-11-20(24(2)18-7-8-25-9-10-27-19(18)13-25)26-17-6-4-3-5-16(17)23-21(26)15(14)12-22/h3-6,11,18-19H,7-10,13H2,1-2H3. The molecule has 6 heteroatoms. The van der Waals surface area contributed by atoms with Gasteiger partial charge in [0.15, 0.2) is 5.65 Å². The van der Waals surface area contributed by atoms with Crippen LogP contribution in [0.4, 0.5) is 5.82 Å². The number of piperidine rings is 1. The maximum absolute atomic E-state index is 9.69. The van der Waals surface area contributed by atoms with Crippen LogP contribution < -0.4 is 4.90 Å². The van der Waals surface area contributed by atoms with Crippen molar-refractivity contribution < 1.29 is 4.74 Å². The van der Waals surface area contributed by atoms with Crippen LogP contribution in [-0.2, 0) is 4.74 Å². The van der Waals surface area contributed by atoms with Crippen molar-refractivity contribution in [2.24, 2.45) is 0 Å². The summed E-state index contributed by atoms with van der Waals surface area (Å²) in [4.78, 5) is 9.60. The minimum absolute atomic E-state index is 0.221. The molecule has 0 saturated carbocycles. The van der Waals surface area contributed by atoms with Gasteiger partial charge >= 0.3 is 0 Å². The van der Waals surface area contributed by atoms with Gasteiger partial charge in [-0.1, -0.05) is 12.1 Å². The van der Waals surface area contributed by atoms with Crippen LogP contribution in [0, 0.1) is 18.3 Å². The molecule has 1 aromatic carbocycles. The molecular weight excluding hydrogens is 338 g/mol. The molecule has 0 N–H and O–H groups in total. The number of aryl methyl sites for hydroxylation is 1. The van der Waals surface area contributed by atoms with Crippen LogP contribution in [0.2, 0.25) is 0 Å². The number of imidazole rings is 1. The van der Waals surface area contributed by atoms with Crippen molar-refractivity contribution >= 4 is 22.5 Å². The van der Waals surface area contributed by atoms with Gasteiger partial charge < -0.3 is 9.64 Å². The van der Waals surface area contributed by atoms with Crippen molar-refractivity contribution in [3.05, 3.63) is 41.5 Å². The van der Waals surface area contributed by atoms with Crippen molar-refractivity contribution in [1.82, 2.24) is 14.3 Å². The van der Waals surface area contributed by atoms with Crippen LogP contribution in [0.1, 0.15) is 17.5 Å². The highest BCUT2D eigenvalue weighted by atomic mass is 16.5. The van der Waals surface area contributed by atoms with Crippen LogP contribution in [-0.4, -0.2) is 59.7 Å². The lowest BCUT2D eigenvalue weighted by atomic mass is 9.98. The summed E-state index contributed by atoms with van der Waals surface area (Å²) in [6, 6.07) is 12.9. The topological polar surface area (TPSA) is 56.8 Å². The number of aromatic nitrogens is 2. The van der Waals surface area contributed by atoms with E-state index in [1.54, 1.807) is 0 Å². The number of anilines is 1. The van der Waals surface area contributed by atoms with Crippen molar-refractivity contribution in [3.8, 4) is 6.07 Å². The van der Waals surface area contributed by atoms with Gasteiger partial charge in [0.1, 0.15) is 11.9 Å². The average Bonchev–Trinajstić information content (AvgIpc) is 3.06. The Morgan fingerprint density at radius 2 is 2.15 bits per heavy atom. The van der Waals surface area contributed by atoms with Crippen molar-refractivity contribution in [3.63, 3.8) is 0 Å². The van der Waals surface area contributed by atoms with E-state index in [-0.39, 0.29) is 6.10 Å². The number of morpholine rings is 1. The van der Waals surface area contributed by atoms with E-state index in [1.807, 2.05) is 25.1 Å². The van der Waals surface area contributed by atoms with Crippen molar-refractivity contribution in [2.45, 2.75) is 25.5 Å².